The van der Waals surface area contributed by atoms with Gasteiger partial charge in [-0.25, -0.2) is 4.98 Å². The molecule has 1 aliphatic heterocycles. The third-order valence-corrected chi connectivity index (χ3v) is 5.01. The first-order valence-corrected chi connectivity index (χ1v) is 10.2. The van der Waals surface area contributed by atoms with Crippen molar-refractivity contribution >= 4 is 11.8 Å². The second kappa shape index (κ2) is 11.3. The summed E-state index contributed by atoms with van der Waals surface area (Å²) in [5.41, 5.74) is 0. The van der Waals surface area contributed by atoms with Crippen LogP contribution in [0.1, 0.15) is 37.5 Å². The van der Waals surface area contributed by atoms with E-state index in [2.05, 4.69) is 36.9 Å². The summed E-state index contributed by atoms with van der Waals surface area (Å²) >= 11 is 0. The lowest BCUT2D eigenvalue weighted by atomic mass is 10.2. The molecule has 0 spiro atoms. The summed E-state index contributed by atoms with van der Waals surface area (Å²) in [6, 6.07) is 10.2. The molecule has 1 unspecified atom stereocenters. The molecule has 1 saturated heterocycles. The van der Waals surface area contributed by atoms with E-state index < -0.39 is 0 Å². The van der Waals surface area contributed by atoms with E-state index in [1.807, 2.05) is 31.3 Å². The van der Waals surface area contributed by atoms with Crippen LogP contribution in [0.2, 0.25) is 0 Å². The Hall–Kier alpha value is -2.54. The Balaban J connectivity index is 1.35. The van der Waals surface area contributed by atoms with Crippen LogP contribution < -0.4 is 16.0 Å². The standard InChI is InChI=1S/C21H32N6O/c1-22-21(25-13-5-4-12-24-20-10-2-3-11-23-20)26-17-18(19-9-8-16-28-19)27-14-6-7-15-27/h2-3,8-11,16,18H,4-7,12-15,17H2,1H3,(H,23,24)(H2,22,25,26). The third kappa shape index (κ3) is 6.27. The Kier molecular flexibility index (Phi) is 8.18. The number of rotatable bonds is 10. The van der Waals surface area contributed by atoms with Gasteiger partial charge in [-0.05, 0) is 63.0 Å². The number of pyridine rings is 1. The van der Waals surface area contributed by atoms with Crippen LogP contribution in [-0.2, 0) is 0 Å². The number of aromatic nitrogens is 1. The van der Waals surface area contributed by atoms with Gasteiger partial charge in [-0.1, -0.05) is 6.07 Å². The highest BCUT2D eigenvalue weighted by atomic mass is 16.3. The first-order chi connectivity index (χ1) is 13.9. The molecule has 2 aromatic rings. The summed E-state index contributed by atoms with van der Waals surface area (Å²) in [6.45, 7) is 4.85. The van der Waals surface area contributed by atoms with Gasteiger partial charge in [-0.15, -0.1) is 0 Å². The van der Waals surface area contributed by atoms with Crippen LogP contribution in [-0.4, -0.2) is 55.6 Å². The van der Waals surface area contributed by atoms with Gasteiger partial charge in [0.25, 0.3) is 0 Å². The first kappa shape index (κ1) is 20.2. The lowest BCUT2D eigenvalue weighted by Gasteiger charge is -2.26. The van der Waals surface area contributed by atoms with E-state index >= 15 is 0 Å². The number of nitrogens with one attached hydrogen (secondary N) is 3. The van der Waals surface area contributed by atoms with Gasteiger partial charge in [0.1, 0.15) is 11.6 Å². The van der Waals surface area contributed by atoms with Gasteiger partial charge in [0.05, 0.1) is 12.3 Å². The molecule has 0 amide bonds. The molecule has 7 heteroatoms. The maximum Gasteiger partial charge on any atom is 0.191 e. The molecule has 3 rings (SSSR count). The monoisotopic (exact) mass is 384 g/mol. The van der Waals surface area contributed by atoms with Crippen LogP contribution >= 0.6 is 0 Å². The van der Waals surface area contributed by atoms with Crippen molar-refractivity contribution in [3.05, 3.63) is 48.6 Å². The van der Waals surface area contributed by atoms with Crippen molar-refractivity contribution in [3.8, 4) is 0 Å². The molecule has 28 heavy (non-hydrogen) atoms. The number of anilines is 1. The number of hydrogen-bond acceptors (Lipinski definition) is 5. The summed E-state index contributed by atoms with van der Waals surface area (Å²) in [5.74, 6) is 2.79. The van der Waals surface area contributed by atoms with Crippen molar-refractivity contribution in [2.75, 3.05) is 45.1 Å². The van der Waals surface area contributed by atoms with E-state index in [9.17, 15) is 0 Å². The number of aliphatic imine (C=N–C) groups is 1. The summed E-state index contributed by atoms with van der Waals surface area (Å²) in [4.78, 5) is 11.1. The van der Waals surface area contributed by atoms with Gasteiger partial charge in [0.2, 0.25) is 0 Å². The Labute approximate surface area is 167 Å². The van der Waals surface area contributed by atoms with Gasteiger partial charge in [-0.3, -0.25) is 9.89 Å². The van der Waals surface area contributed by atoms with E-state index in [4.69, 9.17) is 4.42 Å². The zero-order valence-electron chi connectivity index (χ0n) is 16.7. The van der Waals surface area contributed by atoms with E-state index in [0.29, 0.717) is 0 Å². The molecule has 3 N–H and O–H groups in total. The van der Waals surface area contributed by atoms with Crippen molar-refractivity contribution < 1.29 is 4.42 Å². The number of hydrogen-bond donors (Lipinski definition) is 3. The predicted octanol–water partition coefficient (Wildman–Crippen LogP) is 2.87. The third-order valence-electron chi connectivity index (χ3n) is 5.01. The molecule has 3 heterocycles. The molecule has 1 atom stereocenters. The molecule has 1 fully saturated rings. The van der Waals surface area contributed by atoms with E-state index in [1.54, 1.807) is 12.5 Å². The number of likely N-dealkylation sites (tertiary alicyclic amines) is 1. The van der Waals surface area contributed by atoms with Crippen molar-refractivity contribution in [2.24, 2.45) is 4.99 Å². The topological polar surface area (TPSA) is 77.7 Å². The average Bonchev–Trinajstić information content (AvgIpc) is 3.45. The Bertz CT molecular complexity index is 682. The van der Waals surface area contributed by atoms with E-state index in [-0.39, 0.29) is 6.04 Å². The molecule has 0 aromatic carbocycles. The highest BCUT2D eigenvalue weighted by Crippen LogP contribution is 2.24. The number of nitrogens with zero attached hydrogens (tertiary/aromatic N) is 3. The maximum absolute atomic E-state index is 5.68. The number of guanidine groups is 1. The van der Waals surface area contributed by atoms with E-state index in [1.165, 1.54) is 12.8 Å². The van der Waals surface area contributed by atoms with Crippen molar-refractivity contribution in [2.45, 2.75) is 31.7 Å². The number of unbranched alkanes of at least 4 members (excludes halogenated alkanes) is 1. The summed E-state index contributed by atoms with van der Waals surface area (Å²) in [6.07, 6.45) is 8.22. The van der Waals surface area contributed by atoms with Gasteiger partial charge < -0.3 is 20.4 Å². The molecule has 7 nitrogen and oxygen atoms in total. The van der Waals surface area contributed by atoms with Crippen molar-refractivity contribution in [1.29, 1.82) is 0 Å². The van der Waals surface area contributed by atoms with Crippen LogP contribution in [0.3, 0.4) is 0 Å². The second-order valence-electron chi connectivity index (χ2n) is 7.00. The van der Waals surface area contributed by atoms with Crippen LogP contribution in [0.5, 0.6) is 0 Å². The molecule has 0 bridgehead atoms. The van der Waals surface area contributed by atoms with Crippen molar-refractivity contribution in [3.63, 3.8) is 0 Å². The van der Waals surface area contributed by atoms with Gasteiger partial charge in [-0.2, -0.15) is 0 Å². The molecule has 0 aliphatic carbocycles. The highest BCUT2D eigenvalue weighted by molar-refractivity contribution is 5.79. The van der Waals surface area contributed by atoms with Gasteiger partial charge in [0, 0.05) is 32.9 Å². The molecule has 0 saturated carbocycles. The van der Waals surface area contributed by atoms with Crippen molar-refractivity contribution in [1.82, 2.24) is 20.5 Å². The second-order valence-corrected chi connectivity index (χ2v) is 7.00. The Morgan fingerprint density at radius 3 is 2.71 bits per heavy atom. The average molecular weight is 385 g/mol. The highest BCUT2D eigenvalue weighted by Gasteiger charge is 2.25. The Morgan fingerprint density at radius 1 is 1.14 bits per heavy atom. The minimum atomic E-state index is 0.249. The molecular formula is C21H32N6O. The fraction of sp³-hybridized carbons (Fsp3) is 0.524. The van der Waals surface area contributed by atoms with Gasteiger partial charge >= 0.3 is 0 Å². The molecule has 0 radical (unpaired) electrons. The largest absolute Gasteiger partial charge is 0.468 e. The molecule has 1 aliphatic rings. The normalized spacial score (nSPS) is 16.1. The van der Waals surface area contributed by atoms with E-state index in [0.717, 1.165) is 63.1 Å². The fourth-order valence-corrected chi connectivity index (χ4v) is 3.50. The zero-order chi connectivity index (χ0) is 19.4. The SMILES string of the molecule is CN=C(NCCCCNc1ccccn1)NCC(c1ccco1)N1CCCC1. The first-order valence-electron chi connectivity index (χ1n) is 10.2. The zero-order valence-corrected chi connectivity index (χ0v) is 16.7. The molecule has 152 valence electrons. The van der Waals surface area contributed by atoms with Crippen LogP contribution in [0.25, 0.3) is 0 Å². The summed E-state index contributed by atoms with van der Waals surface area (Å²) < 4.78 is 5.68. The lowest BCUT2D eigenvalue weighted by molar-refractivity contribution is 0.215. The summed E-state index contributed by atoms with van der Waals surface area (Å²) in [7, 11) is 1.82. The fourth-order valence-electron chi connectivity index (χ4n) is 3.50. The Morgan fingerprint density at radius 2 is 2.00 bits per heavy atom. The van der Waals surface area contributed by atoms with Gasteiger partial charge in [0.15, 0.2) is 5.96 Å². The maximum atomic E-state index is 5.68. The minimum absolute atomic E-state index is 0.249. The summed E-state index contributed by atoms with van der Waals surface area (Å²) in [5, 5.41) is 10.2. The van der Waals surface area contributed by atoms with Crippen LogP contribution in [0, 0.1) is 0 Å². The van der Waals surface area contributed by atoms with Crippen LogP contribution in [0.15, 0.2) is 52.2 Å². The lowest BCUT2D eigenvalue weighted by Crippen LogP contribution is -2.42. The minimum Gasteiger partial charge on any atom is -0.468 e. The quantitative estimate of drug-likeness (QED) is 0.332. The van der Waals surface area contributed by atoms with Crippen LogP contribution in [0.4, 0.5) is 5.82 Å². The molecule has 2 aromatic heterocycles. The molecular weight excluding hydrogens is 352 g/mol. The number of furan rings is 1. The predicted molar refractivity (Wildman–Crippen MR) is 114 cm³/mol. The smallest absolute Gasteiger partial charge is 0.191 e.